The molecule has 0 fully saturated rings. The summed E-state index contributed by atoms with van der Waals surface area (Å²) in [5.74, 6) is 0. The maximum atomic E-state index is 8.88. The number of anilines is 1. The van der Waals surface area contributed by atoms with Gasteiger partial charge >= 0.3 is 0 Å². The van der Waals surface area contributed by atoms with Gasteiger partial charge in [0, 0.05) is 30.1 Å². The number of aromatic amines is 1. The van der Waals surface area contributed by atoms with Crippen molar-refractivity contribution in [3.63, 3.8) is 0 Å². The Morgan fingerprint density at radius 3 is 2.72 bits per heavy atom. The summed E-state index contributed by atoms with van der Waals surface area (Å²) in [6.45, 7) is 4.07. The van der Waals surface area contributed by atoms with Gasteiger partial charge in [-0.15, -0.1) is 0 Å². The molecule has 4 heterocycles. The lowest BCUT2D eigenvalue weighted by Crippen LogP contribution is -2.09. The molecular formula is C25H23N7. The second-order valence-electron chi connectivity index (χ2n) is 7.96. The molecule has 7 heteroatoms. The zero-order valence-corrected chi connectivity index (χ0v) is 17.9. The quantitative estimate of drug-likeness (QED) is 0.425. The lowest BCUT2D eigenvalue weighted by Gasteiger charge is -2.08. The van der Waals surface area contributed by atoms with Gasteiger partial charge in [-0.05, 0) is 50.3 Å². The minimum atomic E-state index is 0.246. The van der Waals surface area contributed by atoms with Crippen LogP contribution in [0.15, 0.2) is 72.8 Å². The smallest absolute Gasteiger partial charge is 0.114 e. The summed E-state index contributed by atoms with van der Waals surface area (Å²) < 4.78 is 2.01. The molecule has 4 N–H and O–H groups in total. The van der Waals surface area contributed by atoms with Crippen molar-refractivity contribution in [1.29, 1.82) is 5.41 Å². The fourth-order valence-corrected chi connectivity index (χ4v) is 3.88. The number of aromatic nitrogens is 5. The van der Waals surface area contributed by atoms with E-state index in [0.29, 0.717) is 22.8 Å². The van der Waals surface area contributed by atoms with E-state index in [2.05, 4.69) is 39.0 Å². The van der Waals surface area contributed by atoms with Gasteiger partial charge in [0.2, 0.25) is 0 Å². The van der Waals surface area contributed by atoms with Crippen molar-refractivity contribution in [3.8, 4) is 11.4 Å². The van der Waals surface area contributed by atoms with Crippen molar-refractivity contribution in [2.45, 2.75) is 20.3 Å². The number of pyridine rings is 2. The van der Waals surface area contributed by atoms with Gasteiger partial charge < -0.3 is 15.3 Å². The maximum absolute atomic E-state index is 8.88. The van der Waals surface area contributed by atoms with E-state index in [1.807, 2.05) is 54.3 Å². The van der Waals surface area contributed by atoms with Crippen molar-refractivity contribution >= 4 is 17.1 Å². The molecule has 4 aromatic rings. The number of hydrogen-bond acceptors (Lipinski definition) is 5. The van der Waals surface area contributed by atoms with Crippen LogP contribution in [0.2, 0.25) is 0 Å². The highest BCUT2D eigenvalue weighted by Crippen LogP contribution is 2.29. The van der Waals surface area contributed by atoms with E-state index in [1.165, 1.54) is 5.57 Å². The second kappa shape index (κ2) is 7.77. The summed E-state index contributed by atoms with van der Waals surface area (Å²) in [5.41, 5.74) is 14.7. The van der Waals surface area contributed by atoms with Crippen LogP contribution in [0.3, 0.4) is 0 Å². The van der Waals surface area contributed by atoms with E-state index in [-0.39, 0.29) is 5.71 Å². The van der Waals surface area contributed by atoms with Crippen LogP contribution in [0.1, 0.15) is 35.3 Å². The number of hydrogen-bond donors (Lipinski definition) is 3. The molecule has 4 aromatic heterocycles. The largest absolute Gasteiger partial charge is 0.397 e. The molecule has 0 bridgehead atoms. The zero-order valence-electron chi connectivity index (χ0n) is 17.9. The minimum absolute atomic E-state index is 0.246. The Hall–Kier alpha value is -4.26. The van der Waals surface area contributed by atoms with Crippen LogP contribution in [0.5, 0.6) is 0 Å². The summed E-state index contributed by atoms with van der Waals surface area (Å²) >= 11 is 0. The van der Waals surface area contributed by atoms with Crippen LogP contribution >= 0.6 is 0 Å². The molecule has 0 aromatic carbocycles. The van der Waals surface area contributed by atoms with E-state index in [9.17, 15) is 0 Å². The molecule has 0 spiro atoms. The number of nitrogens with two attached hydrogens (primary N) is 1. The van der Waals surface area contributed by atoms with Crippen molar-refractivity contribution in [1.82, 2.24) is 24.5 Å². The number of H-pyrrole nitrogens is 1. The van der Waals surface area contributed by atoms with Crippen molar-refractivity contribution < 1.29 is 0 Å². The molecule has 32 heavy (non-hydrogen) atoms. The molecule has 0 radical (unpaired) electrons. The van der Waals surface area contributed by atoms with Gasteiger partial charge in [-0.1, -0.05) is 17.7 Å². The van der Waals surface area contributed by atoms with E-state index < -0.39 is 0 Å². The van der Waals surface area contributed by atoms with Crippen LogP contribution in [-0.4, -0.2) is 30.2 Å². The van der Waals surface area contributed by atoms with Gasteiger partial charge in [0.25, 0.3) is 0 Å². The Labute approximate surface area is 185 Å². The van der Waals surface area contributed by atoms with E-state index in [0.717, 1.165) is 34.8 Å². The SMILES string of the molecule is CC1=CC=C(n2cnc(C)c2)c2cc(C(=N)c3nc(-c4ccccn4)ccc3N)[nH]c2C1. The van der Waals surface area contributed by atoms with E-state index in [1.54, 1.807) is 12.3 Å². The van der Waals surface area contributed by atoms with Gasteiger partial charge in [-0.3, -0.25) is 10.4 Å². The van der Waals surface area contributed by atoms with Crippen molar-refractivity contribution in [3.05, 3.63) is 101 Å². The summed E-state index contributed by atoms with van der Waals surface area (Å²) in [7, 11) is 0. The first-order chi connectivity index (χ1) is 15.5. The molecule has 0 saturated heterocycles. The first-order valence-corrected chi connectivity index (χ1v) is 10.4. The monoisotopic (exact) mass is 421 g/mol. The van der Waals surface area contributed by atoms with E-state index >= 15 is 0 Å². The molecule has 158 valence electrons. The first-order valence-electron chi connectivity index (χ1n) is 10.4. The number of nitrogens with zero attached hydrogens (tertiary/aromatic N) is 4. The topological polar surface area (TPSA) is 109 Å². The molecule has 0 amide bonds. The highest BCUT2D eigenvalue weighted by molar-refractivity contribution is 6.12. The van der Waals surface area contributed by atoms with Gasteiger partial charge in [-0.2, -0.15) is 0 Å². The van der Waals surface area contributed by atoms with E-state index in [4.69, 9.17) is 11.1 Å². The molecule has 1 aliphatic carbocycles. The summed E-state index contributed by atoms with van der Waals surface area (Å²) in [6, 6.07) is 11.3. The number of imidazole rings is 1. The van der Waals surface area contributed by atoms with Crippen molar-refractivity contribution in [2.75, 3.05) is 5.73 Å². The number of rotatable bonds is 4. The predicted molar refractivity (Wildman–Crippen MR) is 126 cm³/mol. The molecular weight excluding hydrogens is 398 g/mol. The number of nitrogen functional groups attached to an aromatic ring is 1. The fourth-order valence-electron chi connectivity index (χ4n) is 3.88. The Kier molecular flexibility index (Phi) is 4.78. The predicted octanol–water partition coefficient (Wildman–Crippen LogP) is 4.37. The third-order valence-corrected chi connectivity index (χ3v) is 5.51. The van der Waals surface area contributed by atoms with Crippen molar-refractivity contribution in [2.24, 2.45) is 0 Å². The third-order valence-electron chi connectivity index (χ3n) is 5.51. The lowest BCUT2D eigenvalue weighted by molar-refractivity contribution is 1.05. The summed E-state index contributed by atoms with van der Waals surface area (Å²) in [6.07, 6.45) is 10.5. The Balaban J connectivity index is 1.57. The number of allylic oxidation sites excluding steroid dienone is 3. The number of nitrogens with one attached hydrogen (secondary N) is 2. The molecule has 0 atom stereocenters. The van der Waals surface area contributed by atoms with Crippen LogP contribution in [0, 0.1) is 12.3 Å². The van der Waals surface area contributed by atoms with Gasteiger partial charge in [0.15, 0.2) is 0 Å². The molecule has 7 nitrogen and oxygen atoms in total. The summed E-state index contributed by atoms with van der Waals surface area (Å²) in [5, 5.41) is 8.88. The molecule has 5 rings (SSSR count). The molecule has 0 unspecified atom stereocenters. The fraction of sp³-hybridized carbons (Fsp3) is 0.120. The Morgan fingerprint density at radius 1 is 1.09 bits per heavy atom. The maximum Gasteiger partial charge on any atom is 0.114 e. The Morgan fingerprint density at radius 2 is 1.97 bits per heavy atom. The zero-order chi connectivity index (χ0) is 22.2. The standard InChI is InChI=1S/C25H23N7/c1-15-6-9-23(32-13-16(2)29-14-32)17-12-22(30-21(17)11-15)24(27)25-18(26)7-8-20(31-25)19-5-3-4-10-28-19/h3-10,12-14,27,30H,11,26H2,1-2H3. The normalized spacial score (nSPS) is 13.2. The average molecular weight is 422 g/mol. The Bertz CT molecular complexity index is 1390. The lowest BCUT2D eigenvalue weighted by atomic mass is 10.1. The van der Waals surface area contributed by atoms with Gasteiger partial charge in [-0.25, -0.2) is 9.97 Å². The first kappa shape index (κ1) is 19.7. The third kappa shape index (κ3) is 3.54. The number of fused-ring (bicyclic) bond motifs is 1. The molecule has 0 saturated carbocycles. The summed E-state index contributed by atoms with van der Waals surface area (Å²) in [4.78, 5) is 16.8. The second-order valence-corrected chi connectivity index (χ2v) is 7.96. The average Bonchev–Trinajstić information content (AvgIpc) is 3.38. The number of aryl methyl sites for hydroxylation is 1. The van der Waals surface area contributed by atoms with Crippen LogP contribution in [0.25, 0.3) is 17.1 Å². The van der Waals surface area contributed by atoms with Crippen LogP contribution in [-0.2, 0) is 6.42 Å². The molecule has 1 aliphatic rings. The van der Waals surface area contributed by atoms with Gasteiger partial charge in [0.1, 0.15) is 11.4 Å². The van der Waals surface area contributed by atoms with Gasteiger partial charge in [0.05, 0.1) is 40.5 Å². The van der Waals surface area contributed by atoms with Crippen LogP contribution < -0.4 is 5.73 Å². The minimum Gasteiger partial charge on any atom is -0.397 e. The highest BCUT2D eigenvalue weighted by atomic mass is 15.0. The van der Waals surface area contributed by atoms with Crippen LogP contribution in [0.4, 0.5) is 5.69 Å². The highest BCUT2D eigenvalue weighted by Gasteiger charge is 2.21. The molecule has 0 aliphatic heterocycles.